The lowest BCUT2D eigenvalue weighted by Gasteiger charge is -2.05. The van der Waals surface area contributed by atoms with Gasteiger partial charge in [0.1, 0.15) is 11.9 Å². The molecule has 0 aliphatic heterocycles. The molecule has 0 aromatic heterocycles. The van der Waals surface area contributed by atoms with Gasteiger partial charge >= 0.3 is 0 Å². The summed E-state index contributed by atoms with van der Waals surface area (Å²) in [4.78, 5) is 0. The van der Waals surface area contributed by atoms with Gasteiger partial charge in [-0.2, -0.15) is 0 Å². The summed E-state index contributed by atoms with van der Waals surface area (Å²) in [5.74, 6) is 0.152. The third-order valence-electron chi connectivity index (χ3n) is 1.45. The summed E-state index contributed by atoms with van der Waals surface area (Å²) in [6.45, 7) is -0.301. The van der Waals surface area contributed by atoms with Gasteiger partial charge in [0.25, 0.3) is 0 Å². The van der Waals surface area contributed by atoms with Crippen molar-refractivity contribution in [3.05, 3.63) is 29.8 Å². The molecule has 1 rings (SSSR count). The third kappa shape index (κ3) is 1.93. The van der Waals surface area contributed by atoms with Crippen molar-refractivity contribution in [3.8, 4) is 5.75 Å². The first kappa shape index (κ1) is 8.04. The molecule has 0 heterocycles. The fraction of sp³-hybridized carbons (Fsp3) is 0.250. The van der Waals surface area contributed by atoms with E-state index in [0.717, 1.165) is 0 Å². The highest BCUT2D eigenvalue weighted by Crippen LogP contribution is 2.15. The standard InChI is InChI=1S/C8H10O3/c9-5-8(11)6-1-3-7(10)4-2-6/h1-4,8-11H,5H2. The Bertz CT molecular complexity index is 217. The van der Waals surface area contributed by atoms with Crippen LogP contribution in [0.4, 0.5) is 0 Å². The minimum atomic E-state index is -0.851. The van der Waals surface area contributed by atoms with Crippen LogP contribution < -0.4 is 0 Å². The van der Waals surface area contributed by atoms with Crippen LogP contribution in [0, 0.1) is 0 Å². The van der Waals surface area contributed by atoms with Gasteiger partial charge in [-0.15, -0.1) is 0 Å². The van der Waals surface area contributed by atoms with Gasteiger partial charge in [0, 0.05) is 0 Å². The molecule has 0 spiro atoms. The Hall–Kier alpha value is -1.06. The Balaban J connectivity index is 2.81. The average molecular weight is 154 g/mol. The predicted molar refractivity (Wildman–Crippen MR) is 40.2 cm³/mol. The molecule has 0 fully saturated rings. The lowest BCUT2D eigenvalue weighted by molar-refractivity contribution is 0.0956. The van der Waals surface area contributed by atoms with Crippen LogP contribution in [0.3, 0.4) is 0 Å². The minimum Gasteiger partial charge on any atom is -0.508 e. The molecule has 0 amide bonds. The molecular formula is C8H10O3. The molecule has 0 bridgehead atoms. The Morgan fingerprint density at radius 2 is 1.73 bits per heavy atom. The molecule has 0 radical (unpaired) electrons. The molecule has 3 N–H and O–H groups in total. The number of aromatic hydroxyl groups is 1. The second kappa shape index (κ2) is 3.37. The summed E-state index contributed by atoms with van der Waals surface area (Å²) >= 11 is 0. The number of phenols is 1. The number of aliphatic hydroxyl groups excluding tert-OH is 2. The number of hydrogen-bond acceptors (Lipinski definition) is 3. The maximum atomic E-state index is 9.09. The first-order chi connectivity index (χ1) is 5.24. The van der Waals surface area contributed by atoms with E-state index in [0.29, 0.717) is 5.56 Å². The van der Waals surface area contributed by atoms with Gasteiger partial charge in [0.05, 0.1) is 6.61 Å². The fourth-order valence-corrected chi connectivity index (χ4v) is 0.802. The third-order valence-corrected chi connectivity index (χ3v) is 1.45. The van der Waals surface area contributed by atoms with Crippen molar-refractivity contribution in [2.24, 2.45) is 0 Å². The molecule has 0 aliphatic carbocycles. The van der Waals surface area contributed by atoms with Gasteiger partial charge in [0.2, 0.25) is 0 Å². The highest BCUT2D eigenvalue weighted by atomic mass is 16.3. The Morgan fingerprint density at radius 1 is 1.18 bits per heavy atom. The van der Waals surface area contributed by atoms with E-state index in [1.54, 1.807) is 12.1 Å². The number of aliphatic hydroxyl groups is 2. The highest BCUT2D eigenvalue weighted by Gasteiger charge is 2.03. The first-order valence-corrected chi connectivity index (χ1v) is 3.32. The van der Waals surface area contributed by atoms with Gasteiger partial charge in [0.15, 0.2) is 0 Å². The quantitative estimate of drug-likeness (QED) is 0.578. The average Bonchev–Trinajstić information content (AvgIpc) is 2.05. The van der Waals surface area contributed by atoms with Gasteiger partial charge in [-0.1, -0.05) is 12.1 Å². The molecule has 3 nitrogen and oxygen atoms in total. The van der Waals surface area contributed by atoms with Gasteiger partial charge in [-0.3, -0.25) is 0 Å². The van der Waals surface area contributed by atoms with Crippen molar-refractivity contribution in [2.45, 2.75) is 6.10 Å². The largest absolute Gasteiger partial charge is 0.508 e. The van der Waals surface area contributed by atoms with Crippen molar-refractivity contribution in [1.29, 1.82) is 0 Å². The topological polar surface area (TPSA) is 60.7 Å². The minimum absolute atomic E-state index is 0.152. The summed E-state index contributed by atoms with van der Waals surface area (Å²) < 4.78 is 0. The normalized spacial score (nSPS) is 12.9. The lowest BCUT2D eigenvalue weighted by atomic mass is 10.1. The molecule has 1 unspecified atom stereocenters. The van der Waals surface area contributed by atoms with Gasteiger partial charge in [-0.25, -0.2) is 0 Å². The molecule has 1 aromatic rings. The molecule has 60 valence electrons. The molecule has 1 aromatic carbocycles. The zero-order valence-electron chi connectivity index (χ0n) is 5.94. The van der Waals surface area contributed by atoms with E-state index in [1.807, 2.05) is 0 Å². The van der Waals surface area contributed by atoms with Crippen molar-refractivity contribution >= 4 is 0 Å². The first-order valence-electron chi connectivity index (χ1n) is 3.32. The van der Waals surface area contributed by atoms with E-state index >= 15 is 0 Å². The Labute approximate surface area is 64.5 Å². The SMILES string of the molecule is OCC(O)c1ccc(O)cc1. The maximum Gasteiger partial charge on any atom is 0.115 e. The van der Waals surface area contributed by atoms with Crippen molar-refractivity contribution in [1.82, 2.24) is 0 Å². The summed E-state index contributed by atoms with van der Waals surface area (Å²) in [5.41, 5.74) is 0.602. The smallest absolute Gasteiger partial charge is 0.115 e. The molecule has 0 aliphatic rings. The molecule has 1 atom stereocenters. The van der Waals surface area contributed by atoms with E-state index in [4.69, 9.17) is 15.3 Å². The molecule has 3 heteroatoms. The number of hydrogen-bond donors (Lipinski definition) is 3. The monoisotopic (exact) mass is 154 g/mol. The zero-order valence-corrected chi connectivity index (χ0v) is 5.94. The van der Waals surface area contributed by atoms with Crippen LogP contribution in [-0.2, 0) is 0 Å². The number of phenolic OH excluding ortho intramolecular Hbond substituents is 1. The Kier molecular flexibility index (Phi) is 2.46. The van der Waals surface area contributed by atoms with Crippen LogP contribution in [0.5, 0.6) is 5.75 Å². The van der Waals surface area contributed by atoms with Gasteiger partial charge in [-0.05, 0) is 17.7 Å². The molecule has 0 saturated carbocycles. The molecule has 0 saturated heterocycles. The Morgan fingerprint density at radius 3 is 2.18 bits per heavy atom. The van der Waals surface area contributed by atoms with Crippen molar-refractivity contribution in [2.75, 3.05) is 6.61 Å². The number of benzene rings is 1. The summed E-state index contributed by atoms with van der Waals surface area (Å²) in [7, 11) is 0. The van der Waals surface area contributed by atoms with Gasteiger partial charge < -0.3 is 15.3 Å². The van der Waals surface area contributed by atoms with E-state index in [1.165, 1.54) is 12.1 Å². The summed E-state index contributed by atoms with van der Waals surface area (Å²) in [6.07, 6.45) is -0.851. The highest BCUT2D eigenvalue weighted by molar-refractivity contribution is 5.27. The van der Waals surface area contributed by atoms with Crippen LogP contribution in [-0.4, -0.2) is 21.9 Å². The summed E-state index contributed by atoms with van der Waals surface area (Å²) in [6, 6.07) is 6.06. The van der Waals surface area contributed by atoms with Crippen LogP contribution in [0.2, 0.25) is 0 Å². The van der Waals surface area contributed by atoms with Crippen molar-refractivity contribution in [3.63, 3.8) is 0 Å². The molecule has 11 heavy (non-hydrogen) atoms. The van der Waals surface area contributed by atoms with Crippen LogP contribution in [0.15, 0.2) is 24.3 Å². The molecular weight excluding hydrogens is 144 g/mol. The van der Waals surface area contributed by atoms with Crippen molar-refractivity contribution < 1.29 is 15.3 Å². The van der Waals surface area contributed by atoms with Crippen LogP contribution in [0.1, 0.15) is 11.7 Å². The summed E-state index contributed by atoms with van der Waals surface area (Å²) in [5, 5.41) is 26.5. The van der Waals surface area contributed by atoms with E-state index in [9.17, 15) is 0 Å². The second-order valence-corrected chi connectivity index (χ2v) is 2.29. The maximum absolute atomic E-state index is 9.09. The van der Waals surface area contributed by atoms with Crippen LogP contribution >= 0.6 is 0 Å². The van der Waals surface area contributed by atoms with E-state index in [-0.39, 0.29) is 12.4 Å². The predicted octanol–water partition coefficient (Wildman–Crippen LogP) is 0.418. The van der Waals surface area contributed by atoms with E-state index < -0.39 is 6.10 Å². The fourth-order valence-electron chi connectivity index (χ4n) is 0.802. The number of rotatable bonds is 2. The van der Waals surface area contributed by atoms with Crippen LogP contribution in [0.25, 0.3) is 0 Å². The lowest BCUT2D eigenvalue weighted by Crippen LogP contribution is -2.01. The van der Waals surface area contributed by atoms with E-state index in [2.05, 4.69) is 0 Å². The zero-order chi connectivity index (χ0) is 8.27. The second-order valence-electron chi connectivity index (χ2n) is 2.29.